The molecule has 0 bridgehead atoms. The van der Waals surface area contributed by atoms with Crippen LogP contribution in [0.1, 0.15) is 49.4 Å². The number of benzene rings is 2. The molecule has 0 amide bonds. The molecule has 0 radical (unpaired) electrons. The molecule has 3 aromatic rings. The van der Waals surface area contributed by atoms with Crippen molar-refractivity contribution in [3.63, 3.8) is 0 Å². The Morgan fingerprint density at radius 2 is 1.88 bits per heavy atom. The fourth-order valence-electron chi connectivity index (χ4n) is 3.52. The Hall–Kier alpha value is -2.27. The molecule has 0 saturated heterocycles. The van der Waals surface area contributed by atoms with Crippen LogP contribution < -0.4 is 0 Å². The van der Waals surface area contributed by atoms with Crippen LogP contribution >= 0.6 is 12.2 Å². The summed E-state index contributed by atoms with van der Waals surface area (Å²) in [7, 11) is 0. The van der Waals surface area contributed by atoms with Crippen LogP contribution in [0.3, 0.4) is 0 Å². The smallest absolute Gasteiger partial charge is 0.216 e. The predicted molar refractivity (Wildman–Crippen MR) is 100 cm³/mol. The Morgan fingerprint density at radius 1 is 1.08 bits per heavy atom. The molecule has 5 heteroatoms. The number of hydrogen-bond donors (Lipinski definition) is 1. The number of nitrogens with one attached hydrogen (secondary N) is 1. The summed E-state index contributed by atoms with van der Waals surface area (Å²) in [6.07, 6.45) is 8.07. The van der Waals surface area contributed by atoms with Crippen LogP contribution in [0.5, 0.6) is 0 Å². The second kappa shape index (κ2) is 6.69. The molecule has 0 spiro atoms. The number of aromatic nitrogens is 3. The van der Waals surface area contributed by atoms with E-state index in [4.69, 9.17) is 12.2 Å². The van der Waals surface area contributed by atoms with Gasteiger partial charge in [0.1, 0.15) is 0 Å². The number of nitrogens with zero attached hydrogens (tertiary/aromatic N) is 3. The molecule has 0 atom stereocenters. The molecule has 1 saturated carbocycles. The van der Waals surface area contributed by atoms with Crippen LogP contribution in [0, 0.1) is 4.77 Å². The molecule has 1 fully saturated rings. The van der Waals surface area contributed by atoms with Crippen molar-refractivity contribution in [2.75, 3.05) is 0 Å². The van der Waals surface area contributed by atoms with E-state index in [1.165, 1.54) is 42.9 Å². The van der Waals surface area contributed by atoms with Gasteiger partial charge < -0.3 is 0 Å². The minimum absolute atomic E-state index is 0.455. The Labute approximate surface area is 146 Å². The molecule has 0 unspecified atom stereocenters. The fraction of sp³-hybridized carbons (Fsp3) is 0.316. The number of fused-ring (bicyclic) bond motifs is 1. The lowest BCUT2D eigenvalue weighted by Crippen LogP contribution is -2.10. The van der Waals surface area contributed by atoms with Crippen LogP contribution in [-0.2, 0) is 0 Å². The lowest BCUT2D eigenvalue weighted by Gasteiger charge is -2.19. The van der Waals surface area contributed by atoms with E-state index < -0.39 is 0 Å². The van der Waals surface area contributed by atoms with E-state index in [-0.39, 0.29) is 0 Å². The first kappa shape index (κ1) is 15.3. The second-order valence-corrected chi connectivity index (χ2v) is 6.73. The molecule has 1 heterocycles. The second-order valence-electron chi connectivity index (χ2n) is 6.35. The van der Waals surface area contributed by atoms with Crippen molar-refractivity contribution in [3.05, 3.63) is 58.6 Å². The summed E-state index contributed by atoms with van der Waals surface area (Å²) in [5.74, 6) is 1.42. The van der Waals surface area contributed by atoms with Crippen molar-refractivity contribution < 1.29 is 0 Å². The summed E-state index contributed by atoms with van der Waals surface area (Å²) < 4.78 is 2.36. The quantitative estimate of drug-likeness (QED) is 0.539. The highest BCUT2D eigenvalue weighted by atomic mass is 32.1. The molecule has 1 aliphatic carbocycles. The van der Waals surface area contributed by atoms with Gasteiger partial charge in [-0.3, -0.25) is 5.10 Å². The zero-order valence-electron chi connectivity index (χ0n) is 13.5. The Morgan fingerprint density at radius 3 is 2.75 bits per heavy atom. The van der Waals surface area contributed by atoms with Crippen LogP contribution in [0.4, 0.5) is 0 Å². The van der Waals surface area contributed by atoms with E-state index >= 15 is 0 Å². The van der Waals surface area contributed by atoms with Gasteiger partial charge >= 0.3 is 0 Å². The van der Waals surface area contributed by atoms with Crippen molar-refractivity contribution in [2.24, 2.45) is 5.10 Å². The summed E-state index contributed by atoms with van der Waals surface area (Å²) in [6, 6.07) is 14.6. The molecule has 4 nitrogen and oxygen atoms in total. The molecular formula is C19H20N4S. The molecule has 1 N–H and O–H groups in total. The van der Waals surface area contributed by atoms with Gasteiger partial charge in [0.25, 0.3) is 0 Å². The summed E-state index contributed by atoms with van der Waals surface area (Å²) in [6.45, 7) is 0. The molecule has 1 aliphatic rings. The maximum Gasteiger partial charge on any atom is 0.216 e. The Bertz CT molecular complexity index is 926. The van der Waals surface area contributed by atoms with Crippen LogP contribution in [0.25, 0.3) is 10.8 Å². The maximum atomic E-state index is 5.38. The number of H-pyrrole nitrogens is 1. The van der Waals surface area contributed by atoms with E-state index in [2.05, 4.69) is 57.8 Å². The third kappa shape index (κ3) is 2.91. The maximum absolute atomic E-state index is 5.38. The van der Waals surface area contributed by atoms with Crippen molar-refractivity contribution in [2.45, 2.75) is 38.0 Å². The first-order chi connectivity index (χ1) is 11.8. The first-order valence-electron chi connectivity index (χ1n) is 8.52. The molecule has 2 aromatic carbocycles. The molecule has 4 rings (SSSR count). The summed E-state index contributed by atoms with van der Waals surface area (Å²) in [5, 5.41) is 14.4. The Kier molecular flexibility index (Phi) is 4.26. The summed E-state index contributed by atoms with van der Waals surface area (Å²) in [4.78, 5) is 0. The molecule has 0 aliphatic heterocycles. The third-order valence-electron chi connectivity index (χ3n) is 4.78. The van der Waals surface area contributed by atoms with E-state index in [0.717, 1.165) is 11.4 Å². The van der Waals surface area contributed by atoms with Gasteiger partial charge in [-0.15, -0.1) is 0 Å². The van der Waals surface area contributed by atoms with Gasteiger partial charge in [-0.2, -0.15) is 14.9 Å². The highest BCUT2D eigenvalue weighted by molar-refractivity contribution is 7.71. The highest BCUT2D eigenvalue weighted by Gasteiger charge is 2.21. The monoisotopic (exact) mass is 336 g/mol. The minimum atomic E-state index is 0.455. The zero-order valence-corrected chi connectivity index (χ0v) is 14.3. The van der Waals surface area contributed by atoms with Crippen molar-refractivity contribution in [1.29, 1.82) is 0 Å². The zero-order chi connectivity index (χ0) is 16.4. The average molecular weight is 336 g/mol. The summed E-state index contributed by atoms with van der Waals surface area (Å²) >= 11 is 5.38. The van der Waals surface area contributed by atoms with Gasteiger partial charge in [0, 0.05) is 11.5 Å². The van der Waals surface area contributed by atoms with E-state index in [1.54, 1.807) is 4.68 Å². The van der Waals surface area contributed by atoms with Gasteiger partial charge in [0.2, 0.25) is 4.77 Å². The SMILES string of the molecule is S=c1[nH]nc(C2CCCCC2)n1/N=C\c1cccc2ccccc12. The molecule has 122 valence electrons. The lowest BCUT2D eigenvalue weighted by molar-refractivity contribution is 0.419. The normalized spacial score (nSPS) is 16.2. The van der Waals surface area contributed by atoms with E-state index in [0.29, 0.717) is 10.7 Å². The summed E-state index contributed by atoms with van der Waals surface area (Å²) in [5.41, 5.74) is 1.09. The average Bonchev–Trinajstić information content (AvgIpc) is 3.01. The van der Waals surface area contributed by atoms with Gasteiger partial charge in [-0.25, -0.2) is 0 Å². The minimum Gasteiger partial charge on any atom is -0.250 e. The van der Waals surface area contributed by atoms with Gasteiger partial charge in [-0.05, 0) is 35.8 Å². The van der Waals surface area contributed by atoms with E-state index in [9.17, 15) is 0 Å². The lowest BCUT2D eigenvalue weighted by atomic mass is 9.89. The molecular weight excluding hydrogens is 316 g/mol. The largest absolute Gasteiger partial charge is 0.250 e. The van der Waals surface area contributed by atoms with Gasteiger partial charge in [0.15, 0.2) is 5.82 Å². The highest BCUT2D eigenvalue weighted by Crippen LogP contribution is 2.31. The molecule has 1 aromatic heterocycles. The van der Waals surface area contributed by atoms with Crippen LogP contribution in [0.15, 0.2) is 47.6 Å². The first-order valence-corrected chi connectivity index (χ1v) is 8.93. The van der Waals surface area contributed by atoms with Crippen molar-refractivity contribution >= 4 is 29.2 Å². The number of hydrogen-bond acceptors (Lipinski definition) is 3. The number of aromatic amines is 1. The topological polar surface area (TPSA) is 46.0 Å². The van der Waals surface area contributed by atoms with Gasteiger partial charge in [0.05, 0.1) is 6.21 Å². The van der Waals surface area contributed by atoms with Gasteiger partial charge in [-0.1, -0.05) is 61.7 Å². The third-order valence-corrected chi connectivity index (χ3v) is 5.05. The van der Waals surface area contributed by atoms with Crippen LogP contribution in [-0.4, -0.2) is 21.1 Å². The fourth-order valence-corrected chi connectivity index (χ4v) is 3.71. The standard InChI is InChI=1S/C19H20N4S/c24-19-22-21-18(15-8-2-1-3-9-15)23(19)20-13-16-11-6-10-14-7-4-5-12-17(14)16/h4-7,10-13,15H,1-3,8-9H2,(H,22,24)/b20-13-. The number of rotatable bonds is 3. The molecule has 24 heavy (non-hydrogen) atoms. The predicted octanol–water partition coefficient (Wildman–Crippen LogP) is 5.02. The van der Waals surface area contributed by atoms with Crippen molar-refractivity contribution in [3.8, 4) is 0 Å². The van der Waals surface area contributed by atoms with Crippen molar-refractivity contribution in [1.82, 2.24) is 14.9 Å². The van der Waals surface area contributed by atoms with Crippen LogP contribution in [0.2, 0.25) is 0 Å². The Balaban J connectivity index is 1.71. The van der Waals surface area contributed by atoms with E-state index in [1.807, 2.05) is 6.21 Å².